The van der Waals surface area contributed by atoms with Crippen LogP contribution in [0.4, 0.5) is 8.78 Å². The van der Waals surface area contributed by atoms with Gasteiger partial charge in [0.2, 0.25) is 0 Å². The topological polar surface area (TPSA) is 54.2 Å². The monoisotopic (exact) mass is 315 g/mol. The lowest BCUT2D eigenvalue weighted by atomic mass is 9.99. The van der Waals surface area contributed by atoms with Crippen LogP contribution < -0.4 is 10.6 Å². The van der Waals surface area contributed by atoms with Crippen LogP contribution in [0, 0.1) is 5.92 Å². The number of nitrogens with zero attached hydrogens (tertiary/aromatic N) is 3. The van der Waals surface area contributed by atoms with Crippen molar-refractivity contribution < 1.29 is 8.78 Å². The van der Waals surface area contributed by atoms with E-state index in [1.807, 2.05) is 0 Å². The summed E-state index contributed by atoms with van der Waals surface area (Å²) in [4.78, 5) is 8.05. The zero-order chi connectivity index (χ0) is 16.4. The molecule has 0 fully saturated rings. The van der Waals surface area contributed by atoms with Gasteiger partial charge in [-0.2, -0.15) is 8.78 Å². The molecular weight excluding hydrogens is 288 g/mol. The van der Waals surface area contributed by atoms with Crippen molar-refractivity contribution in [1.82, 2.24) is 20.2 Å². The Morgan fingerprint density at radius 1 is 1.36 bits per heavy atom. The number of alkyl halides is 2. The first-order valence-corrected chi connectivity index (χ1v) is 7.86. The molecule has 1 rings (SSSR count). The number of aliphatic imine (C=N–C) groups is 1. The van der Waals surface area contributed by atoms with Crippen LogP contribution in [-0.2, 0) is 6.54 Å². The van der Waals surface area contributed by atoms with E-state index in [2.05, 4.69) is 34.5 Å². The molecule has 1 aromatic heterocycles. The van der Waals surface area contributed by atoms with Crippen LogP contribution in [0.2, 0.25) is 0 Å². The summed E-state index contributed by atoms with van der Waals surface area (Å²) in [5.74, 6) is 1.50. The van der Waals surface area contributed by atoms with E-state index in [1.54, 1.807) is 7.05 Å². The van der Waals surface area contributed by atoms with Crippen molar-refractivity contribution in [2.24, 2.45) is 10.9 Å². The first-order chi connectivity index (χ1) is 10.6. The first kappa shape index (κ1) is 18.4. The Labute approximate surface area is 131 Å². The fourth-order valence-electron chi connectivity index (χ4n) is 2.23. The van der Waals surface area contributed by atoms with Crippen LogP contribution >= 0.6 is 0 Å². The van der Waals surface area contributed by atoms with Gasteiger partial charge in [0.25, 0.3) is 0 Å². The Kier molecular flexibility index (Phi) is 8.47. The van der Waals surface area contributed by atoms with Gasteiger partial charge in [-0.25, -0.2) is 4.98 Å². The fraction of sp³-hybridized carbons (Fsp3) is 0.733. The molecule has 0 aromatic carbocycles. The van der Waals surface area contributed by atoms with Gasteiger partial charge < -0.3 is 10.6 Å². The highest BCUT2D eigenvalue weighted by atomic mass is 19.3. The van der Waals surface area contributed by atoms with Crippen LogP contribution in [0.15, 0.2) is 17.4 Å². The van der Waals surface area contributed by atoms with Gasteiger partial charge in [0.15, 0.2) is 5.96 Å². The Hall–Kier alpha value is -1.66. The van der Waals surface area contributed by atoms with Crippen LogP contribution in [0.25, 0.3) is 0 Å². The van der Waals surface area contributed by atoms with Crippen LogP contribution in [0.1, 0.15) is 51.9 Å². The predicted molar refractivity (Wildman–Crippen MR) is 85.0 cm³/mol. The van der Waals surface area contributed by atoms with Crippen molar-refractivity contribution in [2.45, 2.75) is 52.6 Å². The molecule has 1 atom stereocenters. The lowest BCUT2D eigenvalue weighted by Crippen LogP contribution is -2.39. The van der Waals surface area contributed by atoms with Crippen LogP contribution in [0.3, 0.4) is 0 Å². The predicted octanol–water partition coefficient (Wildman–Crippen LogP) is 3.16. The average Bonchev–Trinajstić information content (AvgIpc) is 2.99. The summed E-state index contributed by atoms with van der Waals surface area (Å²) in [5, 5.41) is 6.28. The molecule has 7 heteroatoms. The van der Waals surface area contributed by atoms with Gasteiger partial charge in [0, 0.05) is 26.0 Å². The second kappa shape index (κ2) is 10.1. The molecule has 0 spiro atoms. The third-order valence-corrected chi connectivity index (χ3v) is 3.70. The SMILES string of the molecule is CCCCC(CC)CNC(=NC)NCc1nccn1C(F)F. The molecule has 1 unspecified atom stereocenters. The Bertz CT molecular complexity index is 445. The lowest BCUT2D eigenvalue weighted by molar-refractivity contribution is 0.0668. The normalized spacial score (nSPS) is 13.5. The lowest BCUT2D eigenvalue weighted by Gasteiger charge is -2.18. The molecule has 5 nitrogen and oxygen atoms in total. The number of aromatic nitrogens is 2. The first-order valence-electron chi connectivity index (χ1n) is 7.86. The summed E-state index contributed by atoms with van der Waals surface area (Å²) in [6.07, 6.45) is 7.36. The highest BCUT2D eigenvalue weighted by Gasteiger charge is 2.12. The van der Waals surface area contributed by atoms with E-state index >= 15 is 0 Å². The zero-order valence-electron chi connectivity index (χ0n) is 13.6. The van der Waals surface area contributed by atoms with Gasteiger partial charge in [0.1, 0.15) is 5.82 Å². The summed E-state index contributed by atoms with van der Waals surface area (Å²) in [6, 6.07) is 0. The highest BCUT2D eigenvalue weighted by molar-refractivity contribution is 5.79. The van der Waals surface area contributed by atoms with Crippen molar-refractivity contribution in [2.75, 3.05) is 13.6 Å². The van der Waals surface area contributed by atoms with Gasteiger partial charge in [-0.15, -0.1) is 0 Å². The number of unbranched alkanes of at least 4 members (excludes halogenated alkanes) is 1. The maximum absolute atomic E-state index is 12.7. The fourth-order valence-corrected chi connectivity index (χ4v) is 2.23. The summed E-state index contributed by atoms with van der Waals surface area (Å²) in [5.41, 5.74) is 0. The summed E-state index contributed by atoms with van der Waals surface area (Å²) < 4.78 is 26.3. The molecule has 0 saturated carbocycles. The Morgan fingerprint density at radius 3 is 2.73 bits per heavy atom. The quantitative estimate of drug-likeness (QED) is 0.544. The number of guanidine groups is 1. The van der Waals surface area contributed by atoms with E-state index in [4.69, 9.17) is 0 Å². The molecule has 0 aliphatic heterocycles. The molecule has 0 radical (unpaired) electrons. The molecule has 126 valence electrons. The summed E-state index contributed by atoms with van der Waals surface area (Å²) in [7, 11) is 1.67. The van der Waals surface area contributed by atoms with Gasteiger partial charge in [-0.3, -0.25) is 9.56 Å². The van der Waals surface area contributed by atoms with Crippen molar-refractivity contribution in [3.05, 3.63) is 18.2 Å². The molecule has 1 aromatic rings. The molecule has 0 aliphatic rings. The van der Waals surface area contributed by atoms with Gasteiger partial charge in [0.05, 0.1) is 6.54 Å². The molecule has 0 amide bonds. The molecule has 22 heavy (non-hydrogen) atoms. The van der Waals surface area contributed by atoms with Gasteiger partial charge in [-0.1, -0.05) is 33.1 Å². The molecular formula is C15H27F2N5. The minimum atomic E-state index is -2.58. The van der Waals surface area contributed by atoms with E-state index in [1.165, 1.54) is 31.7 Å². The molecule has 0 aliphatic carbocycles. The minimum absolute atomic E-state index is 0.211. The third-order valence-electron chi connectivity index (χ3n) is 3.70. The van der Waals surface area contributed by atoms with Crippen LogP contribution in [-0.4, -0.2) is 29.1 Å². The van der Waals surface area contributed by atoms with Crippen molar-refractivity contribution in [3.63, 3.8) is 0 Å². The number of hydrogen-bond donors (Lipinski definition) is 2. The van der Waals surface area contributed by atoms with E-state index in [0.717, 1.165) is 17.5 Å². The van der Waals surface area contributed by atoms with E-state index < -0.39 is 6.55 Å². The number of nitrogens with one attached hydrogen (secondary N) is 2. The van der Waals surface area contributed by atoms with Crippen molar-refractivity contribution in [3.8, 4) is 0 Å². The average molecular weight is 315 g/mol. The van der Waals surface area contributed by atoms with E-state index in [-0.39, 0.29) is 12.4 Å². The van der Waals surface area contributed by atoms with Crippen LogP contribution in [0.5, 0.6) is 0 Å². The second-order valence-corrected chi connectivity index (χ2v) is 5.25. The van der Waals surface area contributed by atoms with E-state index in [9.17, 15) is 8.78 Å². The molecule has 0 bridgehead atoms. The zero-order valence-corrected chi connectivity index (χ0v) is 13.6. The standard InChI is InChI=1S/C15H27F2N5/c1-4-6-7-12(5-2)10-20-15(18-3)21-11-13-19-8-9-22(13)14(16)17/h8-9,12,14H,4-7,10-11H2,1-3H3,(H2,18,20,21). The highest BCUT2D eigenvalue weighted by Crippen LogP contribution is 2.12. The Balaban J connectivity index is 2.43. The van der Waals surface area contributed by atoms with Crippen molar-refractivity contribution >= 4 is 5.96 Å². The maximum atomic E-state index is 12.7. The largest absolute Gasteiger partial charge is 0.356 e. The Morgan fingerprint density at radius 2 is 2.14 bits per heavy atom. The van der Waals surface area contributed by atoms with Crippen molar-refractivity contribution in [1.29, 1.82) is 0 Å². The minimum Gasteiger partial charge on any atom is -0.356 e. The molecule has 0 saturated heterocycles. The number of rotatable bonds is 9. The number of hydrogen-bond acceptors (Lipinski definition) is 2. The smallest absolute Gasteiger partial charge is 0.319 e. The summed E-state index contributed by atoms with van der Waals surface area (Å²) >= 11 is 0. The number of halogens is 2. The maximum Gasteiger partial charge on any atom is 0.319 e. The third kappa shape index (κ3) is 5.99. The number of imidazole rings is 1. The molecule has 1 heterocycles. The second-order valence-electron chi connectivity index (χ2n) is 5.25. The van der Waals surface area contributed by atoms with E-state index in [0.29, 0.717) is 11.9 Å². The summed E-state index contributed by atoms with van der Waals surface area (Å²) in [6.45, 7) is 2.83. The van der Waals surface area contributed by atoms with Gasteiger partial charge >= 0.3 is 6.55 Å². The van der Waals surface area contributed by atoms with Gasteiger partial charge in [-0.05, 0) is 12.3 Å². The molecule has 2 N–H and O–H groups in total.